The van der Waals surface area contributed by atoms with E-state index in [1.807, 2.05) is 19.1 Å². The van der Waals surface area contributed by atoms with Crippen molar-refractivity contribution in [1.82, 2.24) is 0 Å². The topological polar surface area (TPSA) is 117 Å². The number of ether oxygens (including phenoxy) is 1. The minimum absolute atomic E-state index is 0.176. The number of nitrogens with zero attached hydrogens (tertiary/aromatic N) is 2. The van der Waals surface area contributed by atoms with Gasteiger partial charge in [-0.1, -0.05) is 58.3 Å². The van der Waals surface area contributed by atoms with Crippen molar-refractivity contribution in [2.75, 3.05) is 57.0 Å². The van der Waals surface area contributed by atoms with Gasteiger partial charge in [-0.15, -0.1) is 11.3 Å². The van der Waals surface area contributed by atoms with Crippen molar-refractivity contribution in [3.63, 3.8) is 0 Å². The first-order chi connectivity index (χ1) is 23.4. The molecular weight excluding hydrogens is 661 g/mol. The lowest BCUT2D eigenvalue weighted by Crippen LogP contribution is -2.46. The lowest BCUT2D eigenvalue weighted by molar-refractivity contribution is -0.910. The van der Waals surface area contributed by atoms with Crippen LogP contribution in [0.2, 0.25) is 0 Å². The second-order valence-corrected chi connectivity index (χ2v) is 16.3. The summed E-state index contributed by atoms with van der Waals surface area (Å²) in [5, 5.41) is 12.2. The first-order valence-corrected chi connectivity index (χ1v) is 20.9. The third-order valence-electron chi connectivity index (χ3n) is 9.63. The number of aromatic hydroxyl groups is 1. The molecule has 0 aliphatic rings. The van der Waals surface area contributed by atoms with E-state index in [1.54, 1.807) is 12.1 Å². The molecule has 11 heteroatoms. The Balaban J connectivity index is 1.62. The zero-order valence-corrected chi connectivity index (χ0v) is 32.2. The number of anilines is 1. The Kier molecular flexibility index (Phi) is 16.9. The molecule has 0 radical (unpaired) electrons. The van der Waals surface area contributed by atoms with Crippen LogP contribution in [0.5, 0.6) is 11.5 Å². The molecule has 0 amide bonds. The van der Waals surface area contributed by atoms with Crippen LogP contribution in [0.4, 0.5) is 5.00 Å². The van der Waals surface area contributed by atoms with E-state index in [2.05, 4.69) is 32.7 Å². The SMILES string of the molecule is CCCCCCCCCCCC[N+](C)(CCCCS(=O)(=O)O)CCCOc1ccc2c(=O)c(O)c(-c3ccc(N(CC)CC)s3)oc2c1C. The van der Waals surface area contributed by atoms with Crippen LogP contribution in [-0.2, 0) is 10.1 Å². The van der Waals surface area contributed by atoms with Crippen LogP contribution in [0.3, 0.4) is 0 Å². The van der Waals surface area contributed by atoms with Crippen LogP contribution in [0, 0.1) is 6.92 Å². The summed E-state index contributed by atoms with van der Waals surface area (Å²) in [5.74, 6) is 0.230. The Morgan fingerprint density at radius 2 is 1.43 bits per heavy atom. The largest absolute Gasteiger partial charge is 0.501 e. The maximum atomic E-state index is 13.2. The molecule has 2 N–H and O–H groups in total. The van der Waals surface area contributed by atoms with Gasteiger partial charge in [0, 0.05) is 25.1 Å². The van der Waals surface area contributed by atoms with Gasteiger partial charge >= 0.3 is 0 Å². The molecule has 0 aliphatic heterocycles. The molecule has 1 unspecified atom stereocenters. The molecule has 276 valence electrons. The van der Waals surface area contributed by atoms with E-state index < -0.39 is 15.5 Å². The van der Waals surface area contributed by atoms with Crippen LogP contribution in [0.15, 0.2) is 33.5 Å². The molecular formula is C38H61N2O7S2+. The maximum absolute atomic E-state index is 13.2. The summed E-state index contributed by atoms with van der Waals surface area (Å²) < 4.78 is 45.0. The van der Waals surface area contributed by atoms with Crippen LogP contribution < -0.4 is 15.1 Å². The Bertz CT molecular complexity index is 1600. The van der Waals surface area contributed by atoms with E-state index in [-0.39, 0.29) is 17.3 Å². The number of benzene rings is 1. The molecule has 1 atom stereocenters. The van der Waals surface area contributed by atoms with Gasteiger partial charge in [-0.2, -0.15) is 8.42 Å². The van der Waals surface area contributed by atoms with Crippen molar-refractivity contribution in [3.8, 4) is 22.1 Å². The third kappa shape index (κ3) is 12.9. The van der Waals surface area contributed by atoms with Crippen LogP contribution in [-0.4, -0.2) is 74.7 Å². The van der Waals surface area contributed by atoms with E-state index in [9.17, 15) is 22.9 Å². The Hall–Kier alpha value is -2.60. The first kappa shape index (κ1) is 40.8. The van der Waals surface area contributed by atoms with Gasteiger partial charge in [-0.05, 0) is 70.7 Å². The van der Waals surface area contributed by atoms with Crippen molar-refractivity contribution in [1.29, 1.82) is 0 Å². The second kappa shape index (κ2) is 20.3. The Morgan fingerprint density at radius 3 is 2.04 bits per heavy atom. The predicted molar refractivity (Wildman–Crippen MR) is 204 cm³/mol. The molecule has 3 aromatic rings. The fourth-order valence-electron chi connectivity index (χ4n) is 6.57. The molecule has 0 aliphatic carbocycles. The van der Waals surface area contributed by atoms with E-state index in [0.717, 1.165) is 61.5 Å². The van der Waals surface area contributed by atoms with E-state index >= 15 is 0 Å². The summed E-state index contributed by atoms with van der Waals surface area (Å²) in [7, 11) is -1.71. The van der Waals surface area contributed by atoms with Crippen LogP contribution in [0.25, 0.3) is 21.6 Å². The lowest BCUT2D eigenvalue weighted by Gasteiger charge is -2.35. The standard InChI is InChI=1S/C38H60N2O7S2/c1-6-9-10-11-12-13-14-15-16-17-25-40(5,26-18-19-29-49(43,44)45)27-20-28-46-32-22-21-31-35(41)36(42)38(47-37(31)30(32)4)33-23-24-34(48-33)39(7-2)8-3/h21-24H,6-20,25-29H2,1-5H3,(H-,42,43,44,45)/p+1. The number of thiophene rings is 1. The van der Waals surface area contributed by atoms with Gasteiger partial charge in [0.15, 0.2) is 5.76 Å². The van der Waals surface area contributed by atoms with Crippen molar-refractivity contribution in [2.45, 2.75) is 111 Å². The highest BCUT2D eigenvalue weighted by molar-refractivity contribution is 7.85. The van der Waals surface area contributed by atoms with Gasteiger partial charge in [0.25, 0.3) is 10.1 Å². The third-order valence-corrected chi connectivity index (χ3v) is 11.6. The predicted octanol–water partition coefficient (Wildman–Crippen LogP) is 9.19. The number of rotatable bonds is 25. The average molecular weight is 722 g/mol. The van der Waals surface area contributed by atoms with Gasteiger partial charge in [0.1, 0.15) is 11.3 Å². The van der Waals surface area contributed by atoms with E-state index in [1.165, 1.54) is 69.1 Å². The molecule has 0 saturated carbocycles. The molecule has 2 aromatic heterocycles. The summed E-state index contributed by atoms with van der Waals surface area (Å²) in [4.78, 5) is 16.1. The molecule has 0 spiro atoms. The Morgan fingerprint density at radius 1 is 0.837 bits per heavy atom. The number of hydrogen-bond donors (Lipinski definition) is 2. The van der Waals surface area contributed by atoms with Crippen LogP contribution in [0.1, 0.15) is 110 Å². The van der Waals surface area contributed by atoms with E-state index in [4.69, 9.17) is 9.15 Å². The number of unbranched alkanes of at least 4 members (excludes halogenated alkanes) is 10. The zero-order valence-electron chi connectivity index (χ0n) is 30.6. The summed E-state index contributed by atoms with van der Waals surface area (Å²) in [5.41, 5.74) is 0.662. The first-order valence-electron chi connectivity index (χ1n) is 18.5. The molecule has 49 heavy (non-hydrogen) atoms. The van der Waals surface area contributed by atoms with Crippen molar-refractivity contribution >= 4 is 37.4 Å². The summed E-state index contributed by atoms with van der Waals surface area (Å²) >= 11 is 1.48. The van der Waals surface area contributed by atoms with Gasteiger partial charge in [0.05, 0.1) is 54.3 Å². The molecule has 3 rings (SSSR count). The summed E-state index contributed by atoms with van der Waals surface area (Å²) in [6.07, 6.45) is 14.8. The van der Waals surface area contributed by atoms with Crippen molar-refractivity contribution < 1.29 is 31.7 Å². The molecule has 0 bridgehead atoms. The van der Waals surface area contributed by atoms with Crippen LogP contribution >= 0.6 is 11.3 Å². The number of hydrogen-bond acceptors (Lipinski definition) is 8. The van der Waals surface area contributed by atoms with Crippen molar-refractivity contribution in [3.05, 3.63) is 40.1 Å². The van der Waals surface area contributed by atoms with E-state index in [0.29, 0.717) is 40.2 Å². The van der Waals surface area contributed by atoms with Gasteiger partial charge in [-0.3, -0.25) is 9.35 Å². The second-order valence-electron chi connectivity index (χ2n) is 13.7. The quantitative estimate of drug-likeness (QED) is 0.0506. The maximum Gasteiger partial charge on any atom is 0.264 e. The molecule has 2 heterocycles. The minimum atomic E-state index is -3.95. The minimum Gasteiger partial charge on any atom is -0.501 e. The lowest BCUT2D eigenvalue weighted by atomic mass is 10.1. The highest BCUT2D eigenvalue weighted by Gasteiger charge is 2.23. The van der Waals surface area contributed by atoms with Gasteiger partial charge < -0.3 is 23.6 Å². The van der Waals surface area contributed by atoms with Crippen molar-refractivity contribution in [2.24, 2.45) is 0 Å². The highest BCUT2D eigenvalue weighted by atomic mass is 32.2. The van der Waals surface area contributed by atoms with Gasteiger partial charge in [0.2, 0.25) is 11.2 Å². The smallest absolute Gasteiger partial charge is 0.264 e. The monoisotopic (exact) mass is 721 g/mol. The molecule has 9 nitrogen and oxygen atoms in total. The zero-order chi connectivity index (χ0) is 35.9. The molecule has 1 aromatic carbocycles. The number of quaternary nitrogens is 1. The summed E-state index contributed by atoms with van der Waals surface area (Å²) in [6.45, 7) is 13.3. The molecule has 0 fully saturated rings. The highest BCUT2D eigenvalue weighted by Crippen LogP contribution is 2.39. The Labute approximate surface area is 298 Å². The number of fused-ring (bicyclic) bond motifs is 1. The van der Waals surface area contributed by atoms with Gasteiger partial charge in [-0.25, -0.2) is 0 Å². The fraction of sp³-hybridized carbons (Fsp3) is 0.658. The summed E-state index contributed by atoms with van der Waals surface area (Å²) in [6, 6.07) is 7.29. The number of aryl methyl sites for hydroxylation is 1. The molecule has 0 saturated heterocycles. The average Bonchev–Trinajstić information content (AvgIpc) is 3.55. The normalized spacial score (nSPS) is 13.2. The fourth-order valence-corrected chi connectivity index (χ4v) is 8.25.